The van der Waals surface area contributed by atoms with Crippen LogP contribution in [-0.4, -0.2) is 51.6 Å². The Hall–Kier alpha value is -2.06. The van der Waals surface area contributed by atoms with Crippen molar-refractivity contribution in [2.24, 2.45) is 23.7 Å². The lowest BCUT2D eigenvalue weighted by atomic mass is 9.85. The molecule has 4 rings (SSSR count). The van der Waals surface area contributed by atoms with Crippen molar-refractivity contribution < 1.29 is 14.4 Å². The van der Waals surface area contributed by atoms with Crippen molar-refractivity contribution in [3.05, 3.63) is 23.2 Å². The molecule has 0 aromatic carbocycles. The smallest absolute Gasteiger partial charge is 0.249 e. The number of hydrogen-bond donors (Lipinski definition) is 1. The Bertz CT molecular complexity index is 862. The van der Waals surface area contributed by atoms with E-state index in [4.69, 9.17) is 0 Å². The molecule has 2 saturated heterocycles. The number of rotatable bonds is 7. The Morgan fingerprint density at radius 2 is 1.78 bits per heavy atom. The van der Waals surface area contributed by atoms with Gasteiger partial charge in [-0.05, 0) is 57.0 Å². The third-order valence-corrected chi connectivity index (χ3v) is 7.70. The van der Waals surface area contributed by atoms with Crippen molar-refractivity contribution in [1.29, 1.82) is 0 Å². The van der Waals surface area contributed by atoms with E-state index in [1.165, 1.54) is 29.1 Å². The van der Waals surface area contributed by atoms with Crippen LogP contribution in [-0.2, 0) is 20.9 Å². The second-order valence-corrected chi connectivity index (χ2v) is 10.8. The fourth-order valence-corrected chi connectivity index (χ4v) is 5.69. The first kappa shape index (κ1) is 23.1. The molecule has 3 amide bonds. The maximum absolute atomic E-state index is 13.3. The zero-order chi connectivity index (χ0) is 22.8. The lowest BCUT2D eigenvalue weighted by Crippen LogP contribution is -2.48. The van der Waals surface area contributed by atoms with Crippen molar-refractivity contribution in [2.45, 2.75) is 65.5 Å². The van der Waals surface area contributed by atoms with E-state index in [2.05, 4.69) is 22.1 Å². The molecule has 0 spiro atoms. The monoisotopic (exact) mass is 458 g/mol. The molecule has 32 heavy (non-hydrogen) atoms. The lowest BCUT2D eigenvalue weighted by Gasteiger charge is -2.29. The highest BCUT2D eigenvalue weighted by molar-refractivity contribution is 7.13. The number of anilines is 1. The summed E-state index contributed by atoms with van der Waals surface area (Å²) in [5.41, 5.74) is 0.950. The van der Waals surface area contributed by atoms with E-state index in [0.29, 0.717) is 24.4 Å². The van der Waals surface area contributed by atoms with E-state index >= 15 is 0 Å². The quantitative estimate of drug-likeness (QED) is 0.498. The van der Waals surface area contributed by atoms with Crippen LogP contribution in [0.15, 0.2) is 17.5 Å². The molecule has 3 atom stereocenters. The fraction of sp³-hybridized carbons (Fsp3) is 0.667. The van der Waals surface area contributed by atoms with Crippen LogP contribution < -0.4 is 5.32 Å². The van der Waals surface area contributed by atoms with Gasteiger partial charge in [-0.15, -0.1) is 11.3 Å². The number of nitrogens with one attached hydrogen (secondary N) is 1. The maximum Gasteiger partial charge on any atom is 0.249 e. The number of allylic oxidation sites excluding steroid dienone is 2. The van der Waals surface area contributed by atoms with Crippen LogP contribution in [0.3, 0.4) is 0 Å². The number of piperidine rings is 1. The average molecular weight is 459 g/mol. The summed E-state index contributed by atoms with van der Waals surface area (Å²) in [6.45, 7) is 9.23. The van der Waals surface area contributed by atoms with E-state index < -0.39 is 6.04 Å². The zero-order valence-electron chi connectivity index (χ0n) is 19.3. The second kappa shape index (κ2) is 9.83. The number of nitrogens with zero attached hydrogens (tertiary/aromatic N) is 3. The summed E-state index contributed by atoms with van der Waals surface area (Å²) in [6.07, 6.45) is 7.95. The molecular formula is C24H34N4O3S. The summed E-state index contributed by atoms with van der Waals surface area (Å²) >= 11 is 1.40. The molecule has 1 aromatic heterocycles. The molecule has 8 heteroatoms. The molecule has 0 bridgehead atoms. The summed E-state index contributed by atoms with van der Waals surface area (Å²) in [6, 6.07) is -0.795. The summed E-state index contributed by atoms with van der Waals surface area (Å²) in [5, 5.41) is 5.41. The molecule has 7 nitrogen and oxygen atoms in total. The van der Waals surface area contributed by atoms with Crippen LogP contribution in [0.25, 0.3) is 0 Å². The molecule has 0 radical (unpaired) electrons. The van der Waals surface area contributed by atoms with Crippen molar-refractivity contribution in [1.82, 2.24) is 14.8 Å². The van der Waals surface area contributed by atoms with E-state index in [1.54, 1.807) is 0 Å². The summed E-state index contributed by atoms with van der Waals surface area (Å²) in [5.74, 6) is -0.429. The second-order valence-electron chi connectivity index (χ2n) is 9.94. The fourth-order valence-electron chi connectivity index (χ4n) is 4.98. The van der Waals surface area contributed by atoms with Gasteiger partial charge in [-0.2, -0.15) is 0 Å². The molecule has 1 aliphatic carbocycles. The minimum atomic E-state index is -0.795. The number of amides is 3. The number of thiazole rings is 1. The zero-order valence-corrected chi connectivity index (χ0v) is 20.1. The third kappa shape index (κ3) is 4.96. The van der Waals surface area contributed by atoms with Gasteiger partial charge in [-0.25, -0.2) is 4.98 Å². The highest BCUT2D eigenvalue weighted by atomic mass is 32.1. The molecule has 1 N–H and O–H groups in total. The molecule has 0 saturated carbocycles. The molecule has 2 aliphatic heterocycles. The van der Waals surface area contributed by atoms with E-state index in [-0.39, 0.29) is 35.5 Å². The van der Waals surface area contributed by atoms with Gasteiger partial charge < -0.3 is 5.32 Å². The van der Waals surface area contributed by atoms with Gasteiger partial charge in [-0.3, -0.25) is 24.2 Å². The lowest BCUT2D eigenvalue weighted by molar-refractivity contribution is -0.147. The topological polar surface area (TPSA) is 82.6 Å². The molecule has 174 valence electrons. The maximum atomic E-state index is 13.3. The highest BCUT2D eigenvalue weighted by Gasteiger charge is 2.51. The Morgan fingerprint density at radius 1 is 1.16 bits per heavy atom. The molecule has 2 fully saturated rings. The van der Waals surface area contributed by atoms with E-state index in [0.717, 1.165) is 31.2 Å². The molecule has 3 heterocycles. The van der Waals surface area contributed by atoms with Crippen LogP contribution in [0.1, 0.15) is 58.6 Å². The van der Waals surface area contributed by atoms with Gasteiger partial charge in [0.15, 0.2) is 5.13 Å². The number of imide groups is 1. The first-order chi connectivity index (χ1) is 15.3. The van der Waals surface area contributed by atoms with Gasteiger partial charge in [0.2, 0.25) is 17.7 Å². The van der Waals surface area contributed by atoms with Gasteiger partial charge in [0, 0.05) is 11.9 Å². The third-order valence-electron chi connectivity index (χ3n) is 6.89. The SMILES string of the molecule is CC(C)C[C@H](C(=O)Nc1nc(CN2CCC(C)CC2)cs1)N1C(=O)[C@H]2CC=CC[C@H]2C1=O. The van der Waals surface area contributed by atoms with Crippen molar-refractivity contribution in [2.75, 3.05) is 18.4 Å². The number of carbonyl (C=O) groups excluding carboxylic acids is 3. The molecular weight excluding hydrogens is 424 g/mol. The Balaban J connectivity index is 1.43. The van der Waals surface area contributed by atoms with Crippen LogP contribution in [0.5, 0.6) is 0 Å². The largest absolute Gasteiger partial charge is 0.300 e. The van der Waals surface area contributed by atoms with E-state index in [1.807, 2.05) is 31.4 Å². The number of hydrogen-bond acceptors (Lipinski definition) is 6. The van der Waals surface area contributed by atoms with Crippen molar-refractivity contribution >= 4 is 34.2 Å². The first-order valence-corrected chi connectivity index (χ1v) is 12.7. The standard InChI is InChI=1S/C24H34N4O3S/c1-15(2)12-20(28-22(30)18-6-4-5-7-19(18)23(28)31)21(29)26-24-25-17(14-32-24)13-27-10-8-16(3)9-11-27/h4-5,14-16,18-20H,6-13H2,1-3H3,(H,25,26,29)/t18-,19+,20-/m1/s1. The van der Waals surface area contributed by atoms with Gasteiger partial charge in [0.1, 0.15) is 6.04 Å². The normalized spacial score (nSPS) is 25.4. The Morgan fingerprint density at radius 3 is 2.38 bits per heavy atom. The predicted molar refractivity (Wildman–Crippen MR) is 125 cm³/mol. The van der Waals surface area contributed by atoms with Gasteiger partial charge >= 0.3 is 0 Å². The Labute approximate surface area is 194 Å². The minimum Gasteiger partial charge on any atom is -0.300 e. The predicted octanol–water partition coefficient (Wildman–Crippen LogP) is 3.68. The average Bonchev–Trinajstić information content (AvgIpc) is 3.30. The van der Waals surface area contributed by atoms with E-state index in [9.17, 15) is 14.4 Å². The molecule has 0 unspecified atom stereocenters. The van der Waals surface area contributed by atoms with Crippen LogP contribution >= 0.6 is 11.3 Å². The van der Waals surface area contributed by atoms with Crippen LogP contribution in [0, 0.1) is 23.7 Å². The Kier molecular flexibility index (Phi) is 7.10. The van der Waals surface area contributed by atoms with Crippen molar-refractivity contribution in [3.63, 3.8) is 0 Å². The summed E-state index contributed by atoms with van der Waals surface area (Å²) in [7, 11) is 0. The highest BCUT2D eigenvalue weighted by Crippen LogP contribution is 2.37. The summed E-state index contributed by atoms with van der Waals surface area (Å²) in [4.78, 5) is 47.6. The first-order valence-electron chi connectivity index (χ1n) is 11.8. The number of fused-ring (bicyclic) bond motifs is 1. The van der Waals surface area contributed by atoms with Gasteiger partial charge in [0.05, 0.1) is 17.5 Å². The number of aromatic nitrogens is 1. The van der Waals surface area contributed by atoms with Crippen LogP contribution in [0.4, 0.5) is 5.13 Å². The summed E-state index contributed by atoms with van der Waals surface area (Å²) < 4.78 is 0. The minimum absolute atomic E-state index is 0.167. The van der Waals surface area contributed by atoms with Gasteiger partial charge in [0.25, 0.3) is 0 Å². The number of likely N-dealkylation sites (tertiary alicyclic amines) is 2. The molecule has 1 aromatic rings. The van der Waals surface area contributed by atoms with Gasteiger partial charge in [-0.1, -0.05) is 32.9 Å². The van der Waals surface area contributed by atoms with Crippen LogP contribution in [0.2, 0.25) is 0 Å². The van der Waals surface area contributed by atoms with Crippen molar-refractivity contribution in [3.8, 4) is 0 Å². The molecule has 3 aliphatic rings. The number of carbonyl (C=O) groups is 3.